The van der Waals surface area contributed by atoms with E-state index in [0.717, 1.165) is 56.0 Å². The van der Waals surface area contributed by atoms with E-state index < -0.39 is 0 Å². The average Bonchev–Trinajstić information content (AvgIpc) is 3.46. The minimum absolute atomic E-state index is 0. The smallest absolute Gasteiger partial charge is 0.194 e. The molecule has 7 heteroatoms. The Morgan fingerprint density at radius 2 is 1.96 bits per heavy atom. The van der Waals surface area contributed by atoms with E-state index in [1.807, 2.05) is 26.2 Å². The van der Waals surface area contributed by atoms with Crippen molar-refractivity contribution in [1.29, 1.82) is 0 Å². The lowest BCUT2D eigenvalue weighted by Gasteiger charge is -2.22. The van der Waals surface area contributed by atoms with Gasteiger partial charge in [0.2, 0.25) is 0 Å². The van der Waals surface area contributed by atoms with Gasteiger partial charge in [-0.25, -0.2) is 4.99 Å². The summed E-state index contributed by atoms with van der Waals surface area (Å²) in [7, 11) is 6.15. The largest absolute Gasteiger partial charge is 0.492 e. The Balaban J connectivity index is 0.00000392. The first-order chi connectivity index (χ1) is 13.1. The molecule has 1 aliphatic rings. The average molecular weight is 504 g/mol. The molecule has 0 aromatic heterocycles. The van der Waals surface area contributed by atoms with Crippen LogP contribution in [0.5, 0.6) is 5.75 Å². The molecule has 0 heterocycles. The molecule has 2 rings (SSSR count). The molecule has 0 spiro atoms. The van der Waals surface area contributed by atoms with Gasteiger partial charge in [0.25, 0.3) is 0 Å². The molecule has 28 heavy (non-hydrogen) atoms. The van der Waals surface area contributed by atoms with Crippen LogP contribution in [0.25, 0.3) is 0 Å². The van der Waals surface area contributed by atoms with E-state index >= 15 is 0 Å². The number of aliphatic imine (C=N–C) groups is 1. The lowest BCUT2D eigenvalue weighted by molar-refractivity contribution is 0.115. The molecule has 0 amide bonds. The van der Waals surface area contributed by atoms with Crippen molar-refractivity contribution in [3.05, 3.63) is 29.8 Å². The van der Waals surface area contributed by atoms with Gasteiger partial charge in [0.1, 0.15) is 12.4 Å². The molecule has 1 fully saturated rings. The Kier molecular flexibility index (Phi) is 12.5. The second-order valence-corrected chi connectivity index (χ2v) is 7.41. The van der Waals surface area contributed by atoms with Crippen molar-refractivity contribution in [2.45, 2.75) is 26.3 Å². The molecule has 1 N–H and O–H groups in total. The third kappa shape index (κ3) is 10.5. The summed E-state index contributed by atoms with van der Waals surface area (Å²) in [5.74, 6) is 2.62. The van der Waals surface area contributed by atoms with E-state index in [1.165, 1.54) is 12.8 Å². The molecule has 0 unspecified atom stereocenters. The van der Waals surface area contributed by atoms with E-state index in [9.17, 15) is 0 Å². The van der Waals surface area contributed by atoms with Crippen LogP contribution in [0, 0.1) is 5.92 Å². The van der Waals surface area contributed by atoms with Crippen molar-refractivity contribution in [3.63, 3.8) is 0 Å². The molecule has 0 radical (unpaired) electrons. The summed E-state index contributed by atoms with van der Waals surface area (Å²) in [6.07, 6.45) is 2.66. The number of ether oxygens (including phenoxy) is 2. The van der Waals surface area contributed by atoms with Crippen LogP contribution in [0.3, 0.4) is 0 Å². The Morgan fingerprint density at radius 3 is 2.64 bits per heavy atom. The van der Waals surface area contributed by atoms with E-state index in [-0.39, 0.29) is 24.0 Å². The highest BCUT2D eigenvalue weighted by Crippen LogP contribution is 2.28. The molecular weight excluding hydrogens is 467 g/mol. The van der Waals surface area contributed by atoms with Crippen molar-refractivity contribution < 1.29 is 9.47 Å². The van der Waals surface area contributed by atoms with E-state index in [2.05, 4.69) is 41.2 Å². The van der Waals surface area contributed by atoms with Gasteiger partial charge in [0.15, 0.2) is 5.96 Å². The number of nitrogens with one attached hydrogen (secondary N) is 1. The lowest BCUT2D eigenvalue weighted by atomic mass is 10.2. The predicted molar refractivity (Wildman–Crippen MR) is 127 cm³/mol. The molecule has 160 valence electrons. The number of nitrogens with zero attached hydrogens (tertiary/aromatic N) is 3. The fourth-order valence-electron chi connectivity index (χ4n) is 2.56. The summed E-state index contributed by atoms with van der Waals surface area (Å²) in [4.78, 5) is 9.02. The maximum Gasteiger partial charge on any atom is 0.194 e. The van der Waals surface area contributed by atoms with Gasteiger partial charge in [0.05, 0.1) is 13.2 Å². The molecule has 1 aromatic carbocycles. The molecule has 6 nitrogen and oxygen atoms in total. The summed E-state index contributed by atoms with van der Waals surface area (Å²) < 4.78 is 11.6. The maximum absolute atomic E-state index is 5.82. The number of guanidine groups is 1. The zero-order chi connectivity index (χ0) is 19.5. The molecule has 1 aromatic rings. The fraction of sp³-hybridized carbons (Fsp3) is 0.667. The second-order valence-electron chi connectivity index (χ2n) is 7.41. The van der Waals surface area contributed by atoms with Crippen LogP contribution in [-0.4, -0.2) is 76.4 Å². The highest BCUT2D eigenvalue weighted by Gasteiger charge is 2.21. The number of hydrogen-bond donors (Lipinski definition) is 1. The number of benzene rings is 1. The van der Waals surface area contributed by atoms with Gasteiger partial charge in [-0.1, -0.05) is 12.1 Å². The van der Waals surface area contributed by atoms with Crippen LogP contribution in [0.15, 0.2) is 29.3 Å². The Morgan fingerprint density at radius 1 is 1.18 bits per heavy atom. The molecule has 0 saturated heterocycles. The maximum atomic E-state index is 5.82. The van der Waals surface area contributed by atoms with Crippen molar-refractivity contribution in [1.82, 2.24) is 15.1 Å². The number of halogens is 1. The molecule has 0 bridgehead atoms. The second kappa shape index (κ2) is 14.0. The minimum atomic E-state index is 0. The summed E-state index contributed by atoms with van der Waals surface area (Å²) in [6.45, 7) is 7.64. The first kappa shape index (κ1) is 25.0. The summed E-state index contributed by atoms with van der Waals surface area (Å²) in [6, 6.07) is 8.18. The molecule has 1 saturated carbocycles. The van der Waals surface area contributed by atoms with Crippen LogP contribution in [-0.2, 0) is 11.3 Å². The number of hydrogen-bond acceptors (Lipinski definition) is 4. The fourth-order valence-corrected chi connectivity index (χ4v) is 2.56. The van der Waals surface area contributed by atoms with Crippen molar-refractivity contribution >= 4 is 29.9 Å². The Bertz CT molecular complexity index is 579. The van der Waals surface area contributed by atoms with Crippen LogP contribution in [0.4, 0.5) is 0 Å². The van der Waals surface area contributed by atoms with Crippen molar-refractivity contribution in [2.75, 3.05) is 60.6 Å². The van der Waals surface area contributed by atoms with Crippen LogP contribution < -0.4 is 10.1 Å². The monoisotopic (exact) mass is 504 g/mol. The van der Waals surface area contributed by atoms with E-state index in [1.54, 1.807) is 0 Å². The molecule has 1 aliphatic carbocycles. The van der Waals surface area contributed by atoms with Gasteiger partial charge < -0.3 is 24.6 Å². The summed E-state index contributed by atoms with van der Waals surface area (Å²) in [5, 5.41) is 3.36. The highest BCUT2D eigenvalue weighted by atomic mass is 127. The summed E-state index contributed by atoms with van der Waals surface area (Å²) >= 11 is 0. The third-order valence-electron chi connectivity index (χ3n) is 4.44. The molecular formula is C21H37IN4O2. The van der Waals surface area contributed by atoms with Crippen LogP contribution in [0.2, 0.25) is 0 Å². The first-order valence-corrected chi connectivity index (χ1v) is 10.0. The van der Waals surface area contributed by atoms with Crippen LogP contribution >= 0.6 is 24.0 Å². The van der Waals surface area contributed by atoms with Gasteiger partial charge in [-0.15, -0.1) is 24.0 Å². The standard InChI is InChI=1S/C21H36N4O2.HI/c1-5-22-21(25(4)12-13-26-17-18-9-10-18)23-16-19-7-6-8-20(15-19)27-14-11-24(2)3;/h6-8,15,18H,5,9-14,16-17H2,1-4H3,(H,22,23);1H. The van der Waals surface area contributed by atoms with Gasteiger partial charge >= 0.3 is 0 Å². The van der Waals surface area contributed by atoms with Gasteiger partial charge in [-0.2, -0.15) is 0 Å². The zero-order valence-corrected chi connectivity index (χ0v) is 20.1. The SMILES string of the molecule is CCNC(=NCc1cccc(OCCN(C)C)c1)N(C)CCOCC1CC1.I. The zero-order valence-electron chi connectivity index (χ0n) is 17.8. The first-order valence-electron chi connectivity index (χ1n) is 10.0. The van der Waals surface area contributed by atoms with Gasteiger partial charge in [0, 0.05) is 33.3 Å². The summed E-state index contributed by atoms with van der Waals surface area (Å²) in [5.41, 5.74) is 1.14. The quantitative estimate of drug-likeness (QED) is 0.205. The molecule has 0 aliphatic heterocycles. The Labute approximate surface area is 187 Å². The number of likely N-dealkylation sites (N-methyl/N-ethyl adjacent to an activating group) is 2. The Hall–Kier alpha value is -1.06. The van der Waals surface area contributed by atoms with Crippen molar-refractivity contribution in [3.8, 4) is 5.75 Å². The molecule has 0 atom stereocenters. The van der Waals surface area contributed by atoms with Crippen LogP contribution in [0.1, 0.15) is 25.3 Å². The van der Waals surface area contributed by atoms with Gasteiger partial charge in [-0.3, -0.25) is 0 Å². The number of rotatable bonds is 12. The predicted octanol–water partition coefficient (Wildman–Crippen LogP) is 3.07. The lowest BCUT2D eigenvalue weighted by Crippen LogP contribution is -2.40. The highest BCUT2D eigenvalue weighted by molar-refractivity contribution is 14.0. The van der Waals surface area contributed by atoms with E-state index in [4.69, 9.17) is 14.5 Å². The van der Waals surface area contributed by atoms with Gasteiger partial charge in [-0.05, 0) is 57.5 Å². The van der Waals surface area contributed by atoms with E-state index in [0.29, 0.717) is 13.2 Å². The third-order valence-corrected chi connectivity index (χ3v) is 4.44. The topological polar surface area (TPSA) is 49.3 Å². The normalized spacial score (nSPS) is 14.0. The minimum Gasteiger partial charge on any atom is -0.492 e. The van der Waals surface area contributed by atoms with Crippen molar-refractivity contribution in [2.24, 2.45) is 10.9 Å².